The number of halogens is 1. The molecule has 1 nitrogen and oxygen atoms in total. The topological polar surface area (TPSA) is 17.1 Å². The maximum Gasteiger partial charge on any atom is 0.202 e. The van der Waals surface area contributed by atoms with Gasteiger partial charge in [0.25, 0.3) is 0 Å². The van der Waals surface area contributed by atoms with Crippen molar-refractivity contribution in [3.05, 3.63) is 126 Å². The van der Waals surface area contributed by atoms with Gasteiger partial charge in [0.2, 0.25) is 5.78 Å². The van der Waals surface area contributed by atoms with Gasteiger partial charge in [0.15, 0.2) is 0 Å². The predicted molar refractivity (Wildman–Crippen MR) is 126 cm³/mol. The Morgan fingerprint density at radius 3 is 1.38 bits per heavy atom. The lowest BCUT2D eigenvalue weighted by molar-refractivity contribution is 0.102. The molecule has 4 rings (SSSR count). The number of carbonyl (C=O) groups excluding carboxylic acids is 1. The zero-order valence-corrected chi connectivity index (χ0v) is 17.6. The van der Waals surface area contributed by atoms with E-state index in [1.807, 2.05) is 36.4 Å². The average molecular weight is 416 g/mol. The lowest BCUT2D eigenvalue weighted by atomic mass is 10.1. The molecular formula is C26H21ClOP+. The van der Waals surface area contributed by atoms with Crippen LogP contribution in [0.2, 0.25) is 5.02 Å². The molecule has 0 aliphatic heterocycles. The third-order valence-corrected chi connectivity index (χ3v) is 9.78. The summed E-state index contributed by atoms with van der Waals surface area (Å²) in [6, 6.07) is 38.6. The quantitative estimate of drug-likeness (QED) is 0.299. The Kier molecular flexibility index (Phi) is 5.90. The van der Waals surface area contributed by atoms with E-state index in [4.69, 9.17) is 11.6 Å². The molecule has 0 saturated heterocycles. The maximum atomic E-state index is 13.5. The van der Waals surface area contributed by atoms with Crippen molar-refractivity contribution in [3.8, 4) is 0 Å². The Hall–Kier alpha value is -2.73. The molecule has 142 valence electrons. The summed E-state index contributed by atoms with van der Waals surface area (Å²) in [5.41, 5.74) is 0.585. The van der Waals surface area contributed by atoms with Crippen LogP contribution in [0.1, 0.15) is 10.4 Å². The van der Waals surface area contributed by atoms with Crippen LogP contribution >= 0.6 is 18.9 Å². The fourth-order valence-electron chi connectivity index (χ4n) is 3.76. The van der Waals surface area contributed by atoms with Crippen molar-refractivity contribution in [2.24, 2.45) is 0 Å². The molecule has 0 spiro atoms. The normalized spacial score (nSPS) is 11.2. The van der Waals surface area contributed by atoms with Crippen molar-refractivity contribution in [1.82, 2.24) is 0 Å². The summed E-state index contributed by atoms with van der Waals surface area (Å²) in [4.78, 5) is 13.5. The van der Waals surface area contributed by atoms with E-state index in [0.29, 0.717) is 16.7 Å². The number of ketones is 1. The highest BCUT2D eigenvalue weighted by molar-refractivity contribution is 7.96. The van der Waals surface area contributed by atoms with Crippen LogP contribution in [-0.4, -0.2) is 11.9 Å². The Morgan fingerprint density at radius 2 is 0.966 bits per heavy atom. The molecule has 0 N–H and O–H groups in total. The lowest BCUT2D eigenvalue weighted by Crippen LogP contribution is -2.35. The van der Waals surface area contributed by atoms with Crippen LogP contribution in [-0.2, 0) is 0 Å². The highest BCUT2D eigenvalue weighted by atomic mass is 35.5. The van der Waals surface area contributed by atoms with Crippen LogP contribution in [0.25, 0.3) is 0 Å². The number of rotatable bonds is 6. The van der Waals surface area contributed by atoms with E-state index in [1.165, 1.54) is 15.9 Å². The van der Waals surface area contributed by atoms with Gasteiger partial charge in [0, 0.05) is 5.56 Å². The molecule has 0 bridgehead atoms. The lowest BCUT2D eigenvalue weighted by Gasteiger charge is -2.27. The fourth-order valence-corrected chi connectivity index (χ4v) is 8.08. The van der Waals surface area contributed by atoms with Crippen molar-refractivity contribution < 1.29 is 4.79 Å². The Balaban J connectivity index is 1.95. The molecule has 0 aromatic heterocycles. The van der Waals surface area contributed by atoms with E-state index < -0.39 is 7.26 Å². The van der Waals surface area contributed by atoms with Gasteiger partial charge < -0.3 is 0 Å². The second kappa shape index (κ2) is 8.74. The van der Waals surface area contributed by atoms with Gasteiger partial charge in [-0.15, -0.1) is 0 Å². The minimum absolute atomic E-state index is 0.0699. The van der Waals surface area contributed by atoms with Crippen molar-refractivity contribution in [3.63, 3.8) is 0 Å². The highest BCUT2D eigenvalue weighted by Gasteiger charge is 2.47. The van der Waals surface area contributed by atoms with Gasteiger partial charge in [-0.05, 0) is 48.5 Å². The minimum atomic E-state index is -2.20. The molecule has 0 aliphatic carbocycles. The van der Waals surface area contributed by atoms with E-state index in [-0.39, 0.29) is 5.78 Å². The van der Waals surface area contributed by atoms with E-state index in [1.54, 1.807) is 6.07 Å². The minimum Gasteiger partial charge on any atom is -0.290 e. The van der Waals surface area contributed by atoms with Crippen molar-refractivity contribution in [2.45, 2.75) is 0 Å². The molecule has 4 aromatic carbocycles. The molecule has 0 saturated carbocycles. The first-order chi connectivity index (χ1) is 14.2. The molecule has 0 unspecified atom stereocenters. The molecule has 0 aliphatic rings. The fraction of sp³-hybridized carbons (Fsp3) is 0.0385. The van der Waals surface area contributed by atoms with Gasteiger partial charge in [0.05, 0.1) is 5.02 Å². The predicted octanol–water partition coefficient (Wildman–Crippen LogP) is 5.52. The molecule has 0 radical (unpaired) electrons. The summed E-state index contributed by atoms with van der Waals surface area (Å²) in [5, 5.41) is 4.08. The van der Waals surface area contributed by atoms with Crippen LogP contribution in [0.3, 0.4) is 0 Å². The smallest absolute Gasteiger partial charge is 0.202 e. The molecule has 0 amide bonds. The summed E-state index contributed by atoms with van der Waals surface area (Å²) in [7, 11) is -2.20. The molecular weight excluding hydrogens is 395 g/mol. The van der Waals surface area contributed by atoms with Crippen LogP contribution < -0.4 is 15.9 Å². The van der Waals surface area contributed by atoms with E-state index in [9.17, 15) is 4.79 Å². The van der Waals surface area contributed by atoms with Gasteiger partial charge in [-0.25, -0.2) is 0 Å². The first-order valence-electron chi connectivity index (χ1n) is 9.54. The third-order valence-electron chi connectivity index (χ3n) is 5.15. The van der Waals surface area contributed by atoms with Crippen molar-refractivity contribution in [2.75, 3.05) is 6.16 Å². The number of benzene rings is 4. The number of carbonyl (C=O) groups is 1. The van der Waals surface area contributed by atoms with Crippen LogP contribution in [0.4, 0.5) is 0 Å². The zero-order chi connectivity index (χ0) is 20.1. The zero-order valence-electron chi connectivity index (χ0n) is 15.9. The summed E-state index contributed by atoms with van der Waals surface area (Å²) in [6.07, 6.45) is 0.398. The molecule has 0 heterocycles. The number of Topliss-reactive ketones (excluding diaryl/α,β-unsaturated/α-hetero) is 1. The molecule has 0 fully saturated rings. The standard InChI is InChI=1S/C26H21ClOP/c27-25-19-11-10-18-24(25)26(28)20-29(21-12-4-1-5-13-21,22-14-6-2-7-15-22)23-16-8-3-9-17-23/h1-19H,20H2/q+1. The largest absolute Gasteiger partial charge is 0.290 e. The average Bonchev–Trinajstić information content (AvgIpc) is 2.79. The first kappa shape index (κ1) is 19.6. The van der Waals surface area contributed by atoms with Gasteiger partial charge in [-0.1, -0.05) is 78.3 Å². The third kappa shape index (κ3) is 3.90. The highest BCUT2D eigenvalue weighted by Crippen LogP contribution is 2.55. The van der Waals surface area contributed by atoms with Crippen LogP contribution in [0.15, 0.2) is 115 Å². The number of hydrogen-bond donors (Lipinski definition) is 0. The van der Waals surface area contributed by atoms with Gasteiger partial charge in [0.1, 0.15) is 29.3 Å². The maximum absolute atomic E-state index is 13.5. The van der Waals surface area contributed by atoms with E-state index in [0.717, 1.165) is 0 Å². The molecule has 4 aromatic rings. The van der Waals surface area contributed by atoms with Gasteiger partial charge >= 0.3 is 0 Å². The van der Waals surface area contributed by atoms with Gasteiger partial charge in [-0.3, -0.25) is 4.79 Å². The van der Waals surface area contributed by atoms with Crippen LogP contribution in [0, 0.1) is 0 Å². The van der Waals surface area contributed by atoms with Crippen LogP contribution in [0.5, 0.6) is 0 Å². The summed E-state index contributed by atoms with van der Waals surface area (Å²) < 4.78 is 0. The van der Waals surface area contributed by atoms with Gasteiger partial charge in [-0.2, -0.15) is 0 Å². The van der Waals surface area contributed by atoms with Crippen molar-refractivity contribution in [1.29, 1.82) is 0 Å². The first-order valence-corrected chi connectivity index (χ1v) is 11.9. The molecule has 0 atom stereocenters. The Bertz CT molecular complexity index is 998. The van der Waals surface area contributed by atoms with E-state index >= 15 is 0 Å². The number of hydrogen-bond acceptors (Lipinski definition) is 1. The van der Waals surface area contributed by atoms with Crippen molar-refractivity contribution >= 4 is 40.6 Å². The monoisotopic (exact) mass is 415 g/mol. The SMILES string of the molecule is O=C(C[P+](c1ccccc1)(c1ccccc1)c1ccccc1)c1ccccc1Cl. The second-order valence-corrected chi connectivity index (χ2v) is 10.8. The summed E-state index contributed by atoms with van der Waals surface area (Å²) in [6.45, 7) is 0. The second-order valence-electron chi connectivity index (χ2n) is 6.88. The Morgan fingerprint density at radius 1 is 0.586 bits per heavy atom. The summed E-state index contributed by atoms with van der Waals surface area (Å²) in [5.74, 6) is 0.0699. The Labute approximate surface area is 177 Å². The molecule has 3 heteroatoms. The van der Waals surface area contributed by atoms with E-state index in [2.05, 4.69) is 72.8 Å². The molecule has 29 heavy (non-hydrogen) atoms. The summed E-state index contributed by atoms with van der Waals surface area (Å²) >= 11 is 6.38.